The van der Waals surface area contributed by atoms with Crippen molar-refractivity contribution in [3.05, 3.63) is 40.7 Å². The van der Waals surface area contributed by atoms with Crippen molar-refractivity contribution < 1.29 is 9.59 Å². The molecule has 2 aliphatic rings. The first-order valence-electron chi connectivity index (χ1n) is 11.8. The van der Waals surface area contributed by atoms with E-state index in [0.29, 0.717) is 18.5 Å². The Kier molecular flexibility index (Phi) is 6.86. The normalized spacial score (nSPS) is 18.9. The molecule has 0 aliphatic carbocycles. The van der Waals surface area contributed by atoms with Crippen molar-refractivity contribution >= 4 is 11.8 Å². The Balaban J connectivity index is 1.33. The van der Waals surface area contributed by atoms with Gasteiger partial charge in [0.25, 0.3) is 5.91 Å². The molecule has 8 heteroatoms. The summed E-state index contributed by atoms with van der Waals surface area (Å²) in [7, 11) is 0. The van der Waals surface area contributed by atoms with Crippen LogP contribution in [0.25, 0.3) is 0 Å². The maximum atomic E-state index is 12.8. The van der Waals surface area contributed by atoms with Crippen molar-refractivity contribution in [3.8, 4) is 0 Å². The van der Waals surface area contributed by atoms with Gasteiger partial charge in [0.05, 0.1) is 17.0 Å². The van der Waals surface area contributed by atoms with E-state index in [4.69, 9.17) is 0 Å². The fourth-order valence-corrected chi connectivity index (χ4v) is 4.84. The molecule has 2 aliphatic heterocycles. The molecule has 0 radical (unpaired) electrons. The number of rotatable bonds is 6. The van der Waals surface area contributed by atoms with Gasteiger partial charge in [-0.1, -0.05) is 0 Å². The molecule has 4 rings (SSSR count). The Hall–Kier alpha value is -2.77. The lowest BCUT2D eigenvalue weighted by atomic mass is 9.96. The average molecular weight is 439 g/mol. The van der Waals surface area contributed by atoms with E-state index in [9.17, 15) is 9.59 Å². The lowest BCUT2D eigenvalue weighted by Crippen LogP contribution is -2.39. The number of carbonyl (C=O) groups excluding carboxylic acids is 2. The second kappa shape index (κ2) is 9.79. The molecular weight excluding hydrogens is 404 g/mol. The van der Waals surface area contributed by atoms with E-state index < -0.39 is 0 Å². The number of piperidine rings is 1. The van der Waals surface area contributed by atoms with Crippen molar-refractivity contribution in [2.75, 3.05) is 26.2 Å². The lowest BCUT2D eigenvalue weighted by Gasteiger charge is -2.32. The van der Waals surface area contributed by atoms with Gasteiger partial charge in [0.15, 0.2) is 0 Å². The standard InChI is InChI=1S/C24H34N6O2/c1-17-14-18(2)30(27-17)13-7-9-22(31)29-12-6-8-20(16-29)23-25-15-21(19(3)26-23)24(32)28-10-4-5-11-28/h14-15,20H,4-13,16H2,1-3H3. The quantitative estimate of drug-likeness (QED) is 0.692. The van der Waals surface area contributed by atoms with Crippen LogP contribution in [0.15, 0.2) is 12.3 Å². The van der Waals surface area contributed by atoms with Crippen molar-refractivity contribution in [2.24, 2.45) is 0 Å². The minimum atomic E-state index is 0.0367. The predicted molar refractivity (Wildman–Crippen MR) is 121 cm³/mol. The van der Waals surface area contributed by atoms with Crippen LogP contribution < -0.4 is 0 Å². The fraction of sp³-hybridized carbons (Fsp3) is 0.625. The Bertz CT molecular complexity index is 979. The van der Waals surface area contributed by atoms with E-state index >= 15 is 0 Å². The third kappa shape index (κ3) is 5.00. The smallest absolute Gasteiger partial charge is 0.257 e. The minimum absolute atomic E-state index is 0.0367. The first-order chi connectivity index (χ1) is 15.4. The van der Waals surface area contributed by atoms with Crippen LogP contribution >= 0.6 is 0 Å². The van der Waals surface area contributed by atoms with Gasteiger partial charge in [0.2, 0.25) is 5.91 Å². The molecule has 0 aromatic carbocycles. The average Bonchev–Trinajstić information content (AvgIpc) is 3.43. The molecule has 2 fully saturated rings. The summed E-state index contributed by atoms with van der Waals surface area (Å²) in [5.41, 5.74) is 3.48. The molecule has 1 atom stereocenters. The van der Waals surface area contributed by atoms with Crippen molar-refractivity contribution in [1.29, 1.82) is 0 Å². The molecule has 0 N–H and O–H groups in total. The summed E-state index contributed by atoms with van der Waals surface area (Å²) in [5, 5.41) is 4.47. The molecule has 32 heavy (non-hydrogen) atoms. The zero-order chi connectivity index (χ0) is 22.7. The van der Waals surface area contributed by atoms with Crippen molar-refractivity contribution in [2.45, 2.75) is 71.8 Å². The zero-order valence-electron chi connectivity index (χ0n) is 19.5. The first-order valence-corrected chi connectivity index (χ1v) is 11.8. The van der Waals surface area contributed by atoms with E-state index in [1.54, 1.807) is 6.20 Å². The molecule has 0 saturated carbocycles. The van der Waals surface area contributed by atoms with Crippen molar-refractivity contribution in [1.82, 2.24) is 29.5 Å². The van der Waals surface area contributed by atoms with E-state index in [0.717, 1.165) is 81.2 Å². The van der Waals surface area contributed by atoms with E-state index in [2.05, 4.69) is 21.1 Å². The van der Waals surface area contributed by atoms with Gasteiger partial charge < -0.3 is 9.80 Å². The summed E-state index contributed by atoms with van der Waals surface area (Å²) in [6.07, 6.45) is 7.04. The highest BCUT2D eigenvalue weighted by molar-refractivity contribution is 5.95. The number of hydrogen-bond acceptors (Lipinski definition) is 5. The summed E-state index contributed by atoms with van der Waals surface area (Å²) in [6.45, 7) is 9.76. The van der Waals surface area contributed by atoms with Crippen LogP contribution in [0.5, 0.6) is 0 Å². The molecule has 0 bridgehead atoms. The Labute approximate surface area is 190 Å². The minimum Gasteiger partial charge on any atom is -0.342 e. The molecule has 2 aromatic rings. The van der Waals surface area contributed by atoms with Crippen LogP contribution in [0.3, 0.4) is 0 Å². The van der Waals surface area contributed by atoms with Gasteiger partial charge in [-0.25, -0.2) is 9.97 Å². The van der Waals surface area contributed by atoms with Gasteiger partial charge in [-0.3, -0.25) is 14.3 Å². The molecule has 2 aromatic heterocycles. The molecule has 172 valence electrons. The van der Waals surface area contributed by atoms with E-state index in [-0.39, 0.29) is 17.7 Å². The maximum Gasteiger partial charge on any atom is 0.257 e. The van der Waals surface area contributed by atoms with Crippen LogP contribution in [-0.4, -0.2) is 67.5 Å². The summed E-state index contributed by atoms with van der Waals surface area (Å²) < 4.78 is 1.98. The van der Waals surface area contributed by atoms with E-state index in [1.807, 2.05) is 35.3 Å². The second-order valence-electron chi connectivity index (χ2n) is 9.16. The molecular formula is C24H34N6O2. The van der Waals surface area contributed by atoms with E-state index in [1.165, 1.54) is 0 Å². The van der Waals surface area contributed by atoms with Crippen LogP contribution in [0.4, 0.5) is 0 Å². The van der Waals surface area contributed by atoms with Crippen LogP contribution in [0.1, 0.15) is 77.7 Å². The largest absolute Gasteiger partial charge is 0.342 e. The van der Waals surface area contributed by atoms with Crippen molar-refractivity contribution in [3.63, 3.8) is 0 Å². The molecule has 0 spiro atoms. The summed E-state index contributed by atoms with van der Waals surface area (Å²) >= 11 is 0. The van der Waals surface area contributed by atoms with Crippen LogP contribution in [0.2, 0.25) is 0 Å². The fourth-order valence-electron chi connectivity index (χ4n) is 4.84. The SMILES string of the molecule is Cc1cc(C)n(CCCC(=O)N2CCCC(c3ncc(C(=O)N4CCCC4)c(C)n3)C2)n1. The zero-order valence-corrected chi connectivity index (χ0v) is 19.5. The molecule has 4 heterocycles. The summed E-state index contributed by atoms with van der Waals surface area (Å²) in [5.74, 6) is 1.10. The summed E-state index contributed by atoms with van der Waals surface area (Å²) in [6, 6.07) is 2.06. The summed E-state index contributed by atoms with van der Waals surface area (Å²) in [4.78, 5) is 38.6. The number of carbonyl (C=O) groups is 2. The molecule has 2 amide bonds. The Morgan fingerprint density at radius 3 is 2.50 bits per heavy atom. The topological polar surface area (TPSA) is 84.2 Å². The van der Waals surface area contributed by atoms with Gasteiger partial charge in [-0.2, -0.15) is 5.10 Å². The third-order valence-corrected chi connectivity index (χ3v) is 6.62. The van der Waals surface area contributed by atoms with Crippen LogP contribution in [-0.2, 0) is 11.3 Å². The van der Waals surface area contributed by atoms with Gasteiger partial charge >= 0.3 is 0 Å². The Morgan fingerprint density at radius 2 is 1.81 bits per heavy atom. The maximum absolute atomic E-state index is 12.8. The lowest BCUT2D eigenvalue weighted by molar-refractivity contribution is -0.132. The first kappa shape index (κ1) is 22.4. The molecule has 8 nitrogen and oxygen atoms in total. The number of amides is 2. The van der Waals surface area contributed by atoms with Gasteiger partial charge in [-0.05, 0) is 58.9 Å². The highest BCUT2D eigenvalue weighted by Crippen LogP contribution is 2.26. The number of nitrogens with zero attached hydrogens (tertiary/aromatic N) is 6. The van der Waals surface area contributed by atoms with Crippen LogP contribution in [0, 0.1) is 20.8 Å². The second-order valence-corrected chi connectivity index (χ2v) is 9.16. The van der Waals surface area contributed by atoms with Gasteiger partial charge in [-0.15, -0.1) is 0 Å². The molecule has 1 unspecified atom stereocenters. The third-order valence-electron chi connectivity index (χ3n) is 6.62. The highest BCUT2D eigenvalue weighted by atomic mass is 16.2. The number of aromatic nitrogens is 4. The molecule has 2 saturated heterocycles. The number of hydrogen-bond donors (Lipinski definition) is 0. The highest BCUT2D eigenvalue weighted by Gasteiger charge is 2.28. The van der Waals surface area contributed by atoms with Gasteiger partial charge in [0, 0.05) is 57.0 Å². The van der Waals surface area contributed by atoms with Gasteiger partial charge in [0.1, 0.15) is 5.82 Å². The number of aryl methyl sites for hydroxylation is 4. The number of likely N-dealkylation sites (tertiary alicyclic amines) is 2. The predicted octanol–water partition coefficient (Wildman–Crippen LogP) is 3.02. The monoisotopic (exact) mass is 438 g/mol. The Morgan fingerprint density at radius 1 is 1.06 bits per heavy atom.